The first-order chi connectivity index (χ1) is 10.00. The molecule has 2 aliphatic rings. The van der Waals surface area contributed by atoms with Crippen LogP contribution in [-0.4, -0.2) is 33.8 Å². The van der Waals surface area contributed by atoms with Crippen LogP contribution in [0.5, 0.6) is 0 Å². The predicted molar refractivity (Wildman–Crippen MR) is 75.4 cm³/mol. The van der Waals surface area contributed by atoms with E-state index >= 15 is 0 Å². The van der Waals surface area contributed by atoms with Crippen molar-refractivity contribution >= 4 is 11.8 Å². The summed E-state index contributed by atoms with van der Waals surface area (Å²) in [6, 6.07) is 0. The first kappa shape index (κ1) is 14.1. The lowest BCUT2D eigenvalue weighted by molar-refractivity contribution is -0.139. The smallest absolute Gasteiger partial charge is 0.248 e. The van der Waals surface area contributed by atoms with Gasteiger partial charge in [0, 0.05) is 13.0 Å². The van der Waals surface area contributed by atoms with E-state index in [0.717, 1.165) is 37.1 Å². The minimum atomic E-state index is -0.690. The minimum absolute atomic E-state index is 0.0133. The fourth-order valence-electron chi connectivity index (χ4n) is 3.26. The number of nitrogens with one attached hydrogen (secondary N) is 1. The maximum Gasteiger partial charge on any atom is 0.248 e. The van der Waals surface area contributed by atoms with Crippen LogP contribution in [0.25, 0.3) is 0 Å². The Kier molecular flexibility index (Phi) is 3.47. The highest BCUT2D eigenvalue weighted by Crippen LogP contribution is 2.33. The van der Waals surface area contributed by atoms with Gasteiger partial charge in [-0.15, -0.1) is 0 Å². The summed E-state index contributed by atoms with van der Waals surface area (Å²) in [5.74, 6) is 1.30. The predicted octanol–water partition coefficient (Wildman–Crippen LogP) is 1.45. The van der Waals surface area contributed by atoms with Crippen LogP contribution >= 0.6 is 0 Å². The second-order valence-electron chi connectivity index (χ2n) is 6.06. The molecule has 6 nitrogen and oxygen atoms in total. The van der Waals surface area contributed by atoms with E-state index in [4.69, 9.17) is 4.42 Å². The molecule has 3 rings (SSSR count). The van der Waals surface area contributed by atoms with Crippen LogP contribution in [0.3, 0.4) is 0 Å². The van der Waals surface area contributed by atoms with Crippen LogP contribution in [0.2, 0.25) is 0 Å². The van der Waals surface area contributed by atoms with E-state index < -0.39 is 5.54 Å². The summed E-state index contributed by atoms with van der Waals surface area (Å²) in [6.45, 7) is 4.51. The van der Waals surface area contributed by atoms with Crippen LogP contribution in [0.1, 0.15) is 49.4 Å². The highest BCUT2D eigenvalue weighted by molar-refractivity contribution is 5.93. The molecule has 1 aromatic rings. The number of carbonyl (C=O) groups is 2. The molecule has 2 amide bonds. The number of aryl methyl sites for hydroxylation is 2. The largest absolute Gasteiger partial charge is 0.444 e. The van der Waals surface area contributed by atoms with Crippen molar-refractivity contribution in [2.75, 3.05) is 6.54 Å². The van der Waals surface area contributed by atoms with Gasteiger partial charge in [-0.05, 0) is 26.7 Å². The van der Waals surface area contributed by atoms with Gasteiger partial charge in [0.05, 0.1) is 12.2 Å². The second kappa shape index (κ2) is 5.16. The third kappa shape index (κ3) is 2.54. The van der Waals surface area contributed by atoms with Crippen molar-refractivity contribution in [1.29, 1.82) is 0 Å². The van der Waals surface area contributed by atoms with Gasteiger partial charge in [0.1, 0.15) is 11.3 Å². The third-order valence-electron chi connectivity index (χ3n) is 4.54. The van der Waals surface area contributed by atoms with E-state index in [2.05, 4.69) is 10.3 Å². The van der Waals surface area contributed by atoms with Crippen molar-refractivity contribution in [3.8, 4) is 0 Å². The lowest BCUT2D eigenvalue weighted by atomic mass is 9.96. The molecule has 1 aliphatic heterocycles. The summed E-state index contributed by atoms with van der Waals surface area (Å²) in [7, 11) is 0. The minimum Gasteiger partial charge on any atom is -0.444 e. The number of hydrogen-bond acceptors (Lipinski definition) is 4. The standard InChI is InChI=1S/C15H21N3O3/c1-10-11(2)21-13(16-10)9-18-8-5-12(19)17-15(14(18)20)6-3-4-7-15/h3-9H2,1-2H3,(H,17,19). The maximum atomic E-state index is 12.9. The lowest BCUT2D eigenvalue weighted by Gasteiger charge is -2.31. The molecular formula is C15H21N3O3. The van der Waals surface area contributed by atoms with Crippen molar-refractivity contribution in [3.63, 3.8) is 0 Å². The number of amides is 2. The molecule has 0 bridgehead atoms. The normalized spacial score (nSPS) is 21.7. The Morgan fingerprint density at radius 2 is 2.00 bits per heavy atom. The van der Waals surface area contributed by atoms with E-state index in [-0.39, 0.29) is 11.8 Å². The molecule has 0 radical (unpaired) electrons. The van der Waals surface area contributed by atoms with Gasteiger partial charge < -0.3 is 14.6 Å². The van der Waals surface area contributed by atoms with Crippen molar-refractivity contribution in [1.82, 2.24) is 15.2 Å². The van der Waals surface area contributed by atoms with E-state index in [9.17, 15) is 9.59 Å². The average molecular weight is 291 g/mol. The van der Waals surface area contributed by atoms with Crippen LogP contribution in [-0.2, 0) is 16.1 Å². The van der Waals surface area contributed by atoms with Gasteiger partial charge in [0.2, 0.25) is 17.7 Å². The molecule has 114 valence electrons. The van der Waals surface area contributed by atoms with E-state index in [1.165, 1.54) is 0 Å². The summed E-state index contributed by atoms with van der Waals surface area (Å²) in [4.78, 5) is 30.8. The van der Waals surface area contributed by atoms with Crippen LogP contribution in [0.4, 0.5) is 0 Å². The molecule has 0 aromatic carbocycles. The topological polar surface area (TPSA) is 75.4 Å². The molecule has 2 fully saturated rings. The van der Waals surface area contributed by atoms with Gasteiger partial charge in [-0.1, -0.05) is 12.8 Å². The first-order valence-electron chi connectivity index (χ1n) is 7.53. The van der Waals surface area contributed by atoms with Crippen LogP contribution in [0, 0.1) is 13.8 Å². The Bertz CT molecular complexity index is 553. The first-order valence-corrected chi connectivity index (χ1v) is 7.53. The third-order valence-corrected chi connectivity index (χ3v) is 4.54. The quantitative estimate of drug-likeness (QED) is 0.895. The molecule has 21 heavy (non-hydrogen) atoms. The molecule has 1 saturated carbocycles. The molecule has 1 saturated heterocycles. The van der Waals surface area contributed by atoms with Gasteiger partial charge in [0.15, 0.2) is 0 Å². The van der Waals surface area contributed by atoms with Gasteiger partial charge in [0.25, 0.3) is 0 Å². The zero-order valence-electron chi connectivity index (χ0n) is 12.6. The summed E-state index contributed by atoms with van der Waals surface area (Å²) in [6.07, 6.45) is 3.77. The molecule has 1 aliphatic carbocycles. The zero-order valence-corrected chi connectivity index (χ0v) is 12.6. The van der Waals surface area contributed by atoms with Gasteiger partial charge >= 0.3 is 0 Å². The van der Waals surface area contributed by atoms with E-state index in [0.29, 0.717) is 25.4 Å². The number of hydrogen-bond donors (Lipinski definition) is 1. The molecule has 1 spiro atoms. The van der Waals surface area contributed by atoms with Gasteiger partial charge in [-0.25, -0.2) is 4.98 Å². The number of rotatable bonds is 2. The molecule has 0 atom stereocenters. The Balaban J connectivity index is 1.83. The van der Waals surface area contributed by atoms with Crippen LogP contribution in [0.15, 0.2) is 4.42 Å². The molecular weight excluding hydrogens is 270 g/mol. The van der Waals surface area contributed by atoms with Crippen LogP contribution < -0.4 is 5.32 Å². The summed E-state index contributed by atoms with van der Waals surface area (Å²) >= 11 is 0. The number of aromatic nitrogens is 1. The molecule has 0 unspecified atom stereocenters. The van der Waals surface area contributed by atoms with Crippen molar-refractivity contribution in [3.05, 3.63) is 17.3 Å². The SMILES string of the molecule is Cc1nc(CN2CCC(=O)NC3(CCCC3)C2=O)oc1C. The Morgan fingerprint density at radius 1 is 1.29 bits per heavy atom. The fraction of sp³-hybridized carbons (Fsp3) is 0.667. The maximum absolute atomic E-state index is 12.9. The average Bonchev–Trinajstić information content (AvgIpc) is 2.99. The van der Waals surface area contributed by atoms with Gasteiger partial charge in [-0.2, -0.15) is 0 Å². The monoisotopic (exact) mass is 291 g/mol. The Labute approximate surface area is 123 Å². The lowest BCUT2D eigenvalue weighted by Crippen LogP contribution is -2.55. The molecule has 2 heterocycles. The van der Waals surface area contributed by atoms with E-state index in [1.807, 2.05) is 13.8 Å². The van der Waals surface area contributed by atoms with Crippen molar-refractivity contribution < 1.29 is 14.0 Å². The molecule has 1 N–H and O–H groups in total. The highest BCUT2D eigenvalue weighted by atomic mass is 16.4. The fourth-order valence-corrected chi connectivity index (χ4v) is 3.26. The van der Waals surface area contributed by atoms with Gasteiger partial charge in [-0.3, -0.25) is 9.59 Å². The number of oxazole rings is 1. The Hall–Kier alpha value is -1.85. The summed E-state index contributed by atoms with van der Waals surface area (Å²) in [5.41, 5.74) is 0.154. The number of carbonyl (C=O) groups excluding carboxylic acids is 2. The second-order valence-corrected chi connectivity index (χ2v) is 6.06. The molecule has 1 aromatic heterocycles. The van der Waals surface area contributed by atoms with Crippen molar-refractivity contribution in [2.24, 2.45) is 0 Å². The zero-order chi connectivity index (χ0) is 15.0. The summed E-state index contributed by atoms with van der Waals surface area (Å²) in [5, 5.41) is 2.96. The van der Waals surface area contributed by atoms with Crippen molar-refractivity contribution in [2.45, 2.75) is 58.0 Å². The Morgan fingerprint density at radius 3 is 2.62 bits per heavy atom. The molecule has 6 heteroatoms. The van der Waals surface area contributed by atoms with E-state index in [1.54, 1.807) is 4.90 Å². The summed E-state index contributed by atoms with van der Waals surface area (Å²) < 4.78 is 5.57. The highest BCUT2D eigenvalue weighted by Gasteiger charge is 2.46. The number of nitrogens with zero attached hydrogens (tertiary/aromatic N) is 2.